The Morgan fingerprint density at radius 1 is 0.923 bits per heavy atom. The summed E-state index contributed by atoms with van der Waals surface area (Å²) in [5, 5.41) is 4.75. The van der Waals surface area contributed by atoms with E-state index in [1.165, 1.54) is 0 Å². The average molecular weight is 342 g/mol. The minimum atomic E-state index is -0.232. The number of hydrogen-bond donors (Lipinski definition) is 0. The first-order chi connectivity index (χ1) is 12.8. The predicted molar refractivity (Wildman–Crippen MR) is 99.5 cm³/mol. The number of Topliss-reactive ketones (excluding diaryl/α,β-unsaturated/α-hetero) is 1. The van der Waals surface area contributed by atoms with E-state index in [-0.39, 0.29) is 17.7 Å². The summed E-state index contributed by atoms with van der Waals surface area (Å²) in [5.41, 5.74) is 2.98. The van der Waals surface area contributed by atoms with E-state index in [2.05, 4.69) is 17.1 Å². The van der Waals surface area contributed by atoms with Crippen LogP contribution in [0.15, 0.2) is 65.7 Å². The van der Waals surface area contributed by atoms with Gasteiger partial charge in [-0.2, -0.15) is 4.98 Å². The van der Waals surface area contributed by atoms with Crippen LogP contribution >= 0.6 is 0 Å². The van der Waals surface area contributed by atoms with E-state index in [0.717, 1.165) is 29.7 Å². The van der Waals surface area contributed by atoms with E-state index in [9.17, 15) is 4.79 Å². The number of benzene rings is 2. The largest absolute Gasteiger partial charge is 0.299 e. The van der Waals surface area contributed by atoms with Gasteiger partial charge >= 0.3 is 0 Å². The third-order valence-corrected chi connectivity index (χ3v) is 5.17. The smallest absolute Gasteiger partial charge is 0.248 e. The van der Waals surface area contributed by atoms with Gasteiger partial charge in [-0.25, -0.2) is 9.67 Å². The summed E-state index contributed by atoms with van der Waals surface area (Å²) in [4.78, 5) is 22.1. The standard InChI is InChI=1S/C21H18N4O/c26-17-13-7-12-16-18(17)19(14-8-3-1-4-9-14)25-21(22-16)23-20(24-25)15-10-5-2-6-11-15/h1-6,8-11,18-19H,7,12-13H2. The highest BCUT2D eigenvalue weighted by molar-refractivity contribution is 6.09. The molecule has 0 amide bonds. The maximum absolute atomic E-state index is 12.8. The molecule has 2 aliphatic rings. The van der Waals surface area contributed by atoms with Crippen molar-refractivity contribution in [2.24, 2.45) is 10.9 Å². The molecule has 2 atom stereocenters. The number of fused-ring (bicyclic) bond motifs is 2. The van der Waals surface area contributed by atoms with Gasteiger partial charge in [-0.3, -0.25) is 4.79 Å². The van der Waals surface area contributed by atoms with Crippen molar-refractivity contribution in [2.75, 3.05) is 0 Å². The fraction of sp³-hybridized carbons (Fsp3) is 0.238. The summed E-state index contributed by atoms with van der Waals surface area (Å²) in [6.45, 7) is 0. The zero-order valence-electron chi connectivity index (χ0n) is 14.2. The number of nitrogens with zero attached hydrogens (tertiary/aromatic N) is 4. The molecule has 2 heterocycles. The van der Waals surface area contributed by atoms with Crippen LogP contribution < -0.4 is 0 Å². The van der Waals surface area contributed by atoms with E-state index >= 15 is 0 Å². The summed E-state index contributed by atoms with van der Waals surface area (Å²) >= 11 is 0. The normalized spacial score (nSPS) is 21.7. The summed E-state index contributed by atoms with van der Waals surface area (Å²) < 4.78 is 1.84. The van der Waals surface area contributed by atoms with Crippen LogP contribution in [0.5, 0.6) is 0 Å². The molecule has 2 unspecified atom stereocenters. The van der Waals surface area contributed by atoms with Gasteiger partial charge in [-0.1, -0.05) is 60.7 Å². The molecule has 0 N–H and O–H groups in total. The first kappa shape index (κ1) is 15.2. The second kappa shape index (κ2) is 6.02. The van der Waals surface area contributed by atoms with Gasteiger partial charge < -0.3 is 0 Å². The van der Waals surface area contributed by atoms with Crippen LogP contribution in [0.3, 0.4) is 0 Å². The third kappa shape index (κ3) is 2.39. The van der Waals surface area contributed by atoms with Crippen molar-refractivity contribution in [3.8, 4) is 11.4 Å². The Bertz CT molecular complexity index is 991. The van der Waals surface area contributed by atoms with Crippen LogP contribution in [-0.2, 0) is 4.79 Å². The van der Waals surface area contributed by atoms with Crippen LogP contribution in [-0.4, -0.2) is 26.3 Å². The van der Waals surface area contributed by atoms with Gasteiger partial charge in [-0.15, -0.1) is 5.10 Å². The van der Waals surface area contributed by atoms with Crippen LogP contribution in [0.25, 0.3) is 11.4 Å². The summed E-state index contributed by atoms with van der Waals surface area (Å²) in [6, 6.07) is 19.8. The highest BCUT2D eigenvalue weighted by atomic mass is 16.1. The number of aromatic nitrogens is 3. The molecule has 1 saturated carbocycles. The zero-order valence-corrected chi connectivity index (χ0v) is 14.2. The minimum absolute atomic E-state index is 0.170. The molecule has 0 bridgehead atoms. The summed E-state index contributed by atoms with van der Waals surface area (Å²) in [7, 11) is 0. The van der Waals surface area contributed by atoms with Crippen LogP contribution in [0.4, 0.5) is 5.95 Å². The van der Waals surface area contributed by atoms with Crippen molar-refractivity contribution in [3.05, 3.63) is 66.2 Å². The van der Waals surface area contributed by atoms with Crippen molar-refractivity contribution in [1.29, 1.82) is 0 Å². The molecule has 0 spiro atoms. The van der Waals surface area contributed by atoms with Gasteiger partial charge in [0.1, 0.15) is 5.78 Å². The Balaban J connectivity index is 1.69. The van der Waals surface area contributed by atoms with Crippen LogP contribution in [0, 0.1) is 5.92 Å². The molecule has 1 fully saturated rings. The summed E-state index contributed by atoms with van der Waals surface area (Å²) in [6.07, 6.45) is 2.34. The highest BCUT2D eigenvalue weighted by Crippen LogP contribution is 2.40. The van der Waals surface area contributed by atoms with Crippen LogP contribution in [0.2, 0.25) is 0 Å². The second-order valence-corrected chi connectivity index (χ2v) is 6.80. The number of carbonyl (C=O) groups is 1. The van der Waals surface area contributed by atoms with Crippen molar-refractivity contribution < 1.29 is 4.79 Å². The van der Waals surface area contributed by atoms with Gasteiger partial charge in [0.2, 0.25) is 5.95 Å². The molecule has 3 aromatic rings. The molecule has 128 valence electrons. The van der Waals surface area contributed by atoms with Crippen LogP contribution in [0.1, 0.15) is 30.9 Å². The highest BCUT2D eigenvalue weighted by Gasteiger charge is 2.41. The number of hydrogen-bond acceptors (Lipinski definition) is 4. The Kier molecular flexibility index (Phi) is 3.52. The Morgan fingerprint density at radius 3 is 2.42 bits per heavy atom. The first-order valence-corrected chi connectivity index (χ1v) is 8.98. The number of rotatable bonds is 2. The van der Waals surface area contributed by atoms with Crippen molar-refractivity contribution in [3.63, 3.8) is 0 Å². The van der Waals surface area contributed by atoms with E-state index in [4.69, 9.17) is 10.1 Å². The lowest BCUT2D eigenvalue weighted by Gasteiger charge is -2.34. The third-order valence-electron chi connectivity index (χ3n) is 5.17. The predicted octanol–water partition coefficient (Wildman–Crippen LogP) is 3.99. The molecule has 1 aliphatic carbocycles. The Morgan fingerprint density at radius 2 is 1.65 bits per heavy atom. The quantitative estimate of drug-likeness (QED) is 0.707. The fourth-order valence-corrected chi connectivity index (χ4v) is 3.97. The SMILES string of the molecule is O=C1CCCC2=Nc3nc(-c4ccccc4)nn3C(c3ccccc3)C12. The maximum atomic E-state index is 12.8. The number of carbonyl (C=O) groups excluding carboxylic acids is 1. The van der Waals surface area contributed by atoms with E-state index in [1.807, 2.05) is 53.2 Å². The molecule has 5 rings (SSSR count). The molecule has 2 aromatic carbocycles. The van der Waals surface area contributed by atoms with E-state index in [0.29, 0.717) is 18.2 Å². The molecule has 5 nitrogen and oxygen atoms in total. The number of ketones is 1. The Labute approximate surface area is 151 Å². The van der Waals surface area contributed by atoms with Gasteiger partial charge in [-0.05, 0) is 18.4 Å². The van der Waals surface area contributed by atoms with Gasteiger partial charge in [0.05, 0.1) is 12.0 Å². The van der Waals surface area contributed by atoms with E-state index in [1.54, 1.807) is 0 Å². The minimum Gasteiger partial charge on any atom is -0.299 e. The lowest BCUT2D eigenvalue weighted by atomic mass is 9.78. The molecule has 26 heavy (non-hydrogen) atoms. The molecule has 0 radical (unpaired) electrons. The molecular weight excluding hydrogens is 324 g/mol. The Hall–Kier alpha value is -3.08. The average Bonchev–Trinajstić information content (AvgIpc) is 3.12. The molecule has 0 saturated heterocycles. The van der Waals surface area contributed by atoms with Gasteiger partial charge in [0, 0.05) is 17.7 Å². The summed E-state index contributed by atoms with van der Waals surface area (Å²) in [5.74, 6) is 1.27. The van der Waals surface area contributed by atoms with Crippen molar-refractivity contribution in [2.45, 2.75) is 25.3 Å². The van der Waals surface area contributed by atoms with Gasteiger partial charge in [0.25, 0.3) is 0 Å². The molecular formula is C21H18N4O. The van der Waals surface area contributed by atoms with E-state index < -0.39 is 0 Å². The van der Waals surface area contributed by atoms with Crippen molar-refractivity contribution >= 4 is 17.4 Å². The molecule has 1 aromatic heterocycles. The van der Waals surface area contributed by atoms with Crippen molar-refractivity contribution in [1.82, 2.24) is 14.8 Å². The molecule has 5 heteroatoms. The second-order valence-electron chi connectivity index (χ2n) is 6.80. The van der Waals surface area contributed by atoms with Gasteiger partial charge in [0.15, 0.2) is 5.82 Å². The topological polar surface area (TPSA) is 60.1 Å². The maximum Gasteiger partial charge on any atom is 0.248 e. The zero-order chi connectivity index (χ0) is 17.5. The fourth-order valence-electron chi connectivity index (χ4n) is 3.97. The molecule has 1 aliphatic heterocycles. The number of aliphatic imine (C=N–C) groups is 1. The lowest BCUT2D eigenvalue weighted by molar-refractivity contribution is -0.122. The lowest BCUT2D eigenvalue weighted by Crippen LogP contribution is -2.39. The monoisotopic (exact) mass is 342 g/mol. The first-order valence-electron chi connectivity index (χ1n) is 8.98.